The molecule has 0 radical (unpaired) electrons. The summed E-state index contributed by atoms with van der Waals surface area (Å²) in [6, 6.07) is 7.20. The van der Waals surface area contributed by atoms with Gasteiger partial charge in [-0.15, -0.1) is 0 Å². The first-order valence-corrected chi connectivity index (χ1v) is 12.0. The number of nitrogens with one attached hydrogen (secondary N) is 1. The van der Waals surface area contributed by atoms with E-state index in [0.29, 0.717) is 41.2 Å². The Morgan fingerprint density at radius 2 is 1.78 bits per heavy atom. The van der Waals surface area contributed by atoms with Crippen LogP contribution in [0, 0.1) is 39.0 Å². The second-order valence-electron chi connectivity index (χ2n) is 8.22. The topological polar surface area (TPSA) is 114 Å². The second-order valence-corrected chi connectivity index (χ2v) is 10.1. The summed E-state index contributed by atoms with van der Waals surface area (Å²) in [7, 11) is -3.61. The molecule has 170 valence electrons. The van der Waals surface area contributed by atoms with Gasteiger partial charge < -0.3 is 9.88 Å². The lowest BCUT2D eigenvalue weighted by atomic mass is 9.99. The van der Waals surface area contributed by atoms with Gasteiger partial charge in [0.25, 0.3) is 5.56 Å². The summed E-state index contributed by atoms with van der Waals surface area (Å²) < 4.78 is 27.5. The fraction of sp³-hybridized carbons (Fsp3) is 0.435. The number of pyridine rings is 1. The molecule has 1 saturated heterocycles. The molecule has 3 rings (SSSR count). The molecule has 8 nitrogen and oxygen atoms in total. The van der Waals surface area contributed by atoms with Gasteiger partial charge >= 0.3 is 0 Å². The van der Waals surface area contributed by atoms with Crippen LogP contribution in [0.4, 0.5) is 0 Å². The summed E-state index contributed by atoms with van der Waals surface area (Å²) in [5, 5.41) is 9.20. The summed E-state index contributed by atoms with van der Waals surface area (Å²) in [6.07, 6.45) is 0.630. The van der Waals surface area contributed by atoms with Gasteiger partial charge in [0.1, 0.15) is 11.6 Å². The van der Waals surface area contributed by atoms with Crippen molar-refractivity contribution < 1.29 is 13.2 Å². The molecule has 0 aliphatic carbocycles. The lowest BCUT2D eigenvalue weighted by molar-refractivity contribution is -0.132. The van der Waals surface area contributed by atoms with Gasteiger partial charge in [-0.1, -0.05) is 17.7 Å². The number of rotatable bonds is 5. The quantitative estimate of drug-likeness (QED) is 0.739. The van der Waals surface area contributed by atoms with Crippen molar-refractivity contribution in [3.05, 3.63) is 62.1 Å². The number of sulfonamides is 1. The predicted molar refractivity (Wildman–Crippen MR) is 121 cm³/mol. The summed E-state index contributed by atoms with van der Waals surface area (Å²) in [6.45, 7) is 8.34. The van der Waals surface area contributed by atoms with E-state index in [1.165, 1.54) is 4.31 Å². The van der Waals surface area contributed by atoms with Crippen molar-refractivity contribution in [2.24, 2.45) is 0 Å². The number of carbonyl (C=O) groups excluding carboxylic acids is 1. The van der Waals surface area contributed by atoms with E-state index >= 15 is 0 Å². The molecule has 2 heterocycles. The SMILES string of the molecule is Cc1ccc(S(=O)(=O)N2CCN(C(=O)CCc3c(C)[nH]c(=O)c(C#N)c3C)CC2)c(C)c1. The van der Waals surface area contributed by atoms with Crippen LogP contribution < -0.4 is 5.56 Å². The number of nitriles is 1. The minimum atomic E-state index is -3.61. The Morgan fingerprint density at radius 3 is 2.38 bits per heavy atom. The minimum Gasteiger partial charge on any atom is -0.340 e. The van der Waals surface area contributed by atoms with Crippen molar-refractivity contribution in [1.29, 1.82) is 5.26 Å². The van der Waals surface area contributed by atoms with Gasteiger partial charge in [-0.2, -0.15) is 9.57 Å². The monoisotopic (exact) mass is 456 g/mol. The van der Waals surface area contributed by atoms with Gasteiger partial charge in [-0.05, 0) is 56.9 Å². The van der Waals surface area contributed by atoms with Crippen LogP contribution in [0.15, 0.2) is 27.9 Å². The first-order chi connectivity index (χ1) is 15.1. The number of benzene rings is 1. The average molecular weight is 457 g/mol. The highest BCUT2D eigenvalue weighted by Gasteiger charge is 2.31. The van der Waals surface area contributed by atoms with Crippen LogP contribution in [0.1, 0.15) is 39.9 Å². The average Bonchev–Trinajstić information content (AvgIpc) is 2.73. The van der Waals surface area contributed by atoms with Crippen molar-refractivity contribution in [3.8, 4) is 6.07 Å². The Hall–Kier alpha value is -2.96. The van der Waals surface area contributed by atoms with Gasteiger partial charge in [0.15, 0.2) is 0 Å². The maximum atomic E-state index is 13.0. The van der Waals surface area contributed by atoms with Crippen LogP contribution in [0.3, 0.4) is 0 Å². The first-order valence-electron chi connectivity index (χ1n) is 10.5. The Labute approximate surface area is 188 Å². The van der Waals surface area contributed by atoms with E-state index in [9.17, 15) is 23.3 Å². The number of piperazine rings is 1. The normalized spacial score (nSPS) is 14.9. The number of hydrogen-bond acceptors (Lipinski definition) is 5. The second kappa shape index (κ2) is 9.27. The van der Waals surface area contributed by atoms with Crippen molar-refractivity contribution >= 4 is 15.9 Å². The Bertz CT molecular complexity index is 1250. The largest absolute Gasteiger partial charge is 0.340 e. The molecule has 1 N–H and O–H groups in total. The van der Waals surface area contributed by atoms with Crippen LogP contribution >= 0.6 is 0 Å². The molecule has 1 aliphatic rings. The Kier molecular flexibility index (Phi) is 6.86. The molecule has 2 aromatic rings. The number of H-pyrrole nitrogens is 1. The third kappa shape index (κ3) is 4.61. The van der Waals surface area contributed by atoms with E-state index in [-0.39, 0.29) is 31.0 Å². The van der Waals surface area contributed by atoms with E-state index < -0.39 is 15.6 Å². The number of aryl methyl sites for hydroxylation is 3. The number of hydrogen-bond donors (Lipinski definition) is 1. The zero-order valence-electron chi connectivity index (χ0n) is 18.9. The van der Waals surface area contributed by atoms with E-state index in [0.717, 1.165) is 11.1 Å². The van der Waals surface area contributed by atoms with Crippen LogP contribution in [0.2, 0.25) is 0 Å². The fourth-order valence-electron chi connectivity index (χ4n) is 4.22. The number of aromatic nitrogens is 1. The number of carbonyl (C=O) groups is 1. The van der Waals surface area contributed by atoms with E-state index in [1.54, 1.807) is 37.8 Å². The molecule has 1 aromatic heterocycles. The molecular weight excluding hydrogens is 428 g/mol. The summed E-state index contributed by atoms with van der Waals surface area (Å²) >= 11 is 0. The van der Waals surface area contributed by atoms with Crippen molar-refractivity contribution in [1.82, 2.24) is 14.2 Å². The Morgan fingerprint density at radius 1 is 1.12 bits per heavy atom. The maximum Gasteiger partial charge on any atom is 0.266 e. The molecule has 1 aliphatic heterocycles. The van der Waals surface area contributed by atoms with Crippen molar-refractivity contribution in [2.75, 3.05) is 26.2 Å². The summed E-state index contributed by atoms with van der Waals surface area (Å²) in [5.41, 5.74) is 3.43. The minimum absolute atomic E-state index is 0.0722. The number of nitrogens with zero attached hydrogens (tertiary/aromatic N) is 3. The van der Waals surface area contributed by atoms with Gasteiger partial charge in [-0.25, -0.2) is 8.42 Å². The molecular formula is C23H28N4O4S. The Balaban J connectivity index is 1.64. The third-order valence-corrected chi connectivity index (χ3v) is 8.11. The standard InChI is InChI=1S/C23H28N4O4S/c1-15-5-7-21(16(2)13-15)32(30,31)27-11-9-26(10-12-27)22(28)8-6-19-17(3)20(14-24)23(29)25-18(19)4/h5,7,13H,6,8-12H2,1-4H3,(H,25,29). The van der Waals surface area contributed by atoms with Crippen molar-refractivity contribution in [2.45, 2.75) is 45.4 Å². The van der Waals surface area contributed by atoms with Gasteiger partial charge in [-0.3, -0.25) is 9.59 Å². The summed E-state index contributed by atoms with van der Waals surface area (Å²) in [4.78, 5) is 29.3. The molecule has 0 bridgehead atoms. The van der Waals surface area contributed by atoms with E-state index in [4.69, 9.17) is 0 Å². The van der Waals surface area contributed by atoms with Crippen molar-refractivity contribution in [3.63, 3.8) is 0 Å². The molecule has 9 heteroatoms. The van der Waals surface area contributed by atoms with Crippen LogP contribution in [-0.2, 0) is 21.2 Å². The zero-order chi connectivity index (χ0) is 23.6. The molecule has 1 amide bonds. The lowest BCUT2D eigenvalue weighted by Gasteiger charge is -2.34. The number of aromatic amines is 1. The molecule has 32 heavy (non-hydrogen) atoms. The van der Waals surface area contributed by atoms with E-state index in [1.807, 2.05) is 19.1 Å². The highest BCUT2D eigenvalue weighted by Crippen LogP contribution is 2.22. The highest BCUT2D eigenvalue weighted by molar-refractivity contribution is 7.89. The van der Waals surface area contributed by atoms with Crippen LogP contribution in [-0.4, -0.2) is 54.7 Å². The van der Waals surface area contributed by atoms with Gasteiger partial charge in [0, 0.05) is 38.3 Å². The molecule has 0 atom stereocenters. The molecule has 0 unspecified atom stereocenters. The first kappa shape index (κ1) is 23.7. The van der Waals surface area contributed by atoms with Gasteiger partial charge in [0.2, 0.25) is 15.9 Å². The molecule has 0 spiro atoms. The predicted octanol–water partition coefficient (Wildman–Crippen LogP) is 1.95. The maximum absolute atomic E-state index is 13.0. The fourth-order valence-corrected chi connectivity index (χ4v) is 5.84. The summed E-state index contributed by atoms with van der Waals surface area (Å²) in [5.74, 6) is -0.0722. The van der Waals surface area contributed by atoms with Crippen LogP contribution in [0.25, 0.3) is 0 Å². The molecule has 1 aromatic carbocycles. The van der Waals surface area contributed by atoms with E-state index in [2.05, 4.69) is 4.98 Å². The highest BCUT2D eigenvalue weighted by atomic mass is 32.2. The van der Waals surface area contributed by atoms with Crippen LogP contribution in [0.5, 0.6) is 0 Å². The zero-order valence-corrected chi connectivity index (χ0v) is 19.7. The lowest BCUT2D eigenvalue weighted by Crippen LogP contribution is -2.50. The smallest absolute Gasteiger partial charge is 0.266 e. The molecule has 0 saturated carbocycles. The van der Waals surface area contributed by atoms with Gasteiger partial charge in [0.05, 0.1) is 4.90 Å². The number of amides is 1. The molecule has 1 fully saturated rings. The third-order valence-electron chi connectivity index (χ3n) is 6.05.